The van der Waals surface area contributed by atoms with Gasteiger partial charge in [-0.15, -0.1) is 0 Å². The molecule has 2 heteroatoms. The maximum Gasteiger partial charge on any atom is 0.0207 e. The molecule has 15 heavy (non-hydrogen) atoms. The summed E-state index contributed by atoms with van der Waals surface area (Å²) < 4.78 is 1.19. The largest absolute Gasteiger partial charge is 0.330 e. The van der Waals surface area contributed by atoms with Crippen LogP contribution in [0.15, 0.2) is 22.7 Å². The van der Waals surface area contributed by atoms with E-state index in [1.54, 1.807) is 0 Å². The van der Waals surface area contributed by atoms with Crippen LogP contribution in [-0.4, -0.2) is 6.54 Å². The minimum absolute atomic E-state index is 0.209. The Hall–Kier alpha value is -0.340. The van der Waals surface area contributed by atoms with Crippen molar-refractivity contribution in [3.8, 4) is 0 Å². The van der Waals surface area contributed by atoms with Crippen molar-refractivity contribution in [1.82, 2.24) is 0 Å². The van der Waals surface area contributed by atoms with Crippen molar-refractivity contribution in [3.63, 3.8) is 0 Å². The summed E-state index contributed by atoms with van der Waals surface area (Å²) in [7, 11) is 0. The molecule has 0 spiro atoms. The van der Waals surface area contributed by atoms with Crippen molar-refractivity contribution < 1.29 is 0 Å². The predicted molar refractivity (Wildman–Crippen MR) is 68.0 cm³/mol. The Bertz CT molecular complexity index is 398. The van der Waals surface area contributed by atoms with E-state index in [0.29, 0.717) is 5.41 Å². The van der Waals surface area contributed by atoms with Crippen LogP contribution in [0.25, 0.3) is 0 Å². The molecule has 1 aliphatic carbocycles. The van der Waals surface area contributed by atoms with E-state index >= 15 is 0 Å². The van der Waals surface area contributed by atoms with Gasteiger partial charge in [-0.25, -0.2) is 0 Å². The first kappa shape index (κ1) is 11.2. The van der Waals surface area contributed by atoms with Crippen molar-refractivity contribution in [3.05, 3.63) is 33.8 Å². The Kier molecular flexibility index (Phi) is 2.47. The fourth-order valence-electron chi connectivity index (χ4n) is 2.75. The second kappa shape index (κ2) is 3.33. The molecule has 2 N–H and O–H groups in total. The van der Waals surface area contributed by atoms with Crippen molar-refractivity contribution in [2.24, 2.45) is 11.1 Å². The van der Waals surface area contributed by atoms with Crippen molar-refractivity contribution in [2.75, 3.05) is 6.54 Å². The molecule has 1 aromatic rings. The molecule has 0 bridgehead atoms. The van der Waals surface area contributed by atoms with Crippen LogP contribution in [0.2, 0.25) is 0 Å². The average molecular weight is 268 g/mol. The Morgan fingerprint density at radius 1 is 1.40 bits per heavy atom. The minimum Gasteiger partial charge on any atom is -0.330 e. The van der Waals surface area contributed by atoms with Crippen LogP contribution in [0.1, 0.15) is 31.4 Å². The highest BCUT2D eigenvalue weighted by Gasteiger charge is 2.61. The summed E-state index contributed by atoms with van der Waals surface area (Å²) in [6, 6.07) is 6.43. The van der Waals surface area contributed by atoms with Crippen LogP contribution in [0.4, 0.5) is 0 Å². The molecule has 82 valence electrons. The third-order valence-corrected chi connectivity index (χ3v) is 4.91. The van der Waals surface area contributed by atoms with Crippen LogP contribution in [-0.2, 0) is 5.41 Å². The molecule has 1 nitrogen and oxygen atoms in total. The summed E-state index contributed by atoms with van der Waals surface area (Å²) >= 11 is 3.59. The van der Waals surface area contributed by atoms with Gasteiger partial charge in [-0.3, -0.25) is 0 Å². The normalized spacial score (nSPS) is 27.8. The van der Waals surface area contributed by atoms with Gasteiger partial charge in [-0.1, -0.05) is 41.9 Å². The maximum atomic E-state index is 5.98. The van der Waals surface area contributed by atoms with E-state index in [-0.39, 0.29) is 5.41 Å². The molecule has 1 aliphatic rings. The molecule has 0 heterocycles. The van der Waals surface area contributed by atoms with Gasteiger partial charge in [0.15, 0.2) is 0 Å². The highest BCUT2D eigenvalue weighted by Crippen LogP contribution is 2.64. The molecule has 1 saturated carbocycles. The van der Waals surface area contributed by atoms with Gasteiger partial charge >= 0.3 is 0 Å². The van der Waals surface area contributed by atoms with E-state index in [0.717, 1.165) is 6.54 Å². The first-order valence-corrected chi connectivity index (χ1v) is 6.19. The summed E-state index contributed by atoms with van der Waals surface area (Å²) in [5, 5.41) is 0. The molecular weight excluding hydrogens is 250 g/mol. The predicted octanol–water partition coefficient (Wildman–Crippen LogP) is 3.38. The lowest BCUT2D eigenvalue weighted by atomic mass is 9.85. The second-order valence-corrected chi connectivity index (χ2v) is 6.11. The molecule has 2 rings (SSSR count). The lowest BCUT2D eigenvalue weighted by molar-refractivity contribution is 0.501. The summed E-state index contributed by atoms with van der Waals surface area (Å²) in [6.45, 7) is 7.53. The van der Waals surface area contributed by atoms with Gasteiger partial charge in [0.25, 0.3) is 0 Å². The lowest BCUT2D eigenvalue weighted by Crippen LogP contribution is -2.26. The zero-order valence-corrected chi connectivity index (χ0v) is 11.2. The molecule has 1 fully saturated rings. The topological polar surface area (TPSA) is 26.0 Å². The SMILES string of the molecule is Cc1c(Br)cccc1C1(CN)CC1(C)C. The molecule has 0 radical (unpaired) electrons. The first-order valence-electron chi connectivity index (χ1n) is 5.40. The van der Waals surface area contributed by atoms with Crippen LogP contribution in [0, 0.1) is 12.3 Å². The Morgan fingerprint density at radius 2 is 2.00 bits per heavy atom. The van der Waals surface area contributed by atoms with E-state index in [2.05, 4.69) is 54.9 Å². The zero-order valence-electron chi connectivity index (χ0n) is 9.60. The highest BCUT2D eigenvalue weighted by atomic mass is 79.9. The fourth-order valence-corrected chi connectivity index (χ4v) is 3.12. The highest BCUT2D eigenvalue weighted by molar-refractivity contribution is 9.10. The van der Waals surface area contributed by atoms with Crippen molar-refractivity contribution >= 4 is 15.9 Å². The quantitative estimate of drug-likeness (QED) is 0.874. The van der Waals surface area contributed by atoms with Gasteiger partial charge in [0, 0.05) is 16.4 Å². The standard InChI is InChI=1S/C13H18BrN/c1-9-10(5-4-6-11(9)14)13(8-15)7-12(13,2)3/h4-6H,7-8,15H2,1-3H3. The molecule has 0 amide bonds. The van der Waals surface area contributed by atoms with Gasteiger partial charge in [0.2, 0.25) is 0 Å². The van der Waals surface area contributed by atoms with Gasteiger partial charge in [0.1, 0.15) is 0 Å². The monoisotopic (exact) mass is 267 g/mol. The Morgan fingerprint density at radius 3 is 2.47 bits per heavy atom. The third kappa shape index (κ3) is 1.46. The van der Waals surface area contributed by atoms with Crippen molar-refractivity contribution in [2.45, 2.75) is 32.6 Å². The number of halogens is 1. The third-order valence-electron chi connectivity index (χ3n) is 4.05. The van der Waals surface area contributed by atoms with Crippen LogP contribution >= 0.6 is 15.9 Å². The smallest absolute Gasteiger partial charge is 0.0207 e. The zero-order chi connectivity index (χ0) is 11.3. The lowest BCUT2D eigenvalue weighted by Gasteiger charge is -2.21. The van der Waals surface area contributed by atoms with Crippen molar-refractivity contribution in [1.29, 1.82) is 0 Å². The number of benzene rings is 1. The Labute approximate surface area is 100 Å². The van der Waals surface area contributed by atoms with E-state index in [1.807, 2.05) is 0 Å². The van der Waals surface area contributed by atoms with Gasteiger partial charge in [-0.05, 0) is 36.0 Å². The van der Waals surface area contributed by atoms with E-state index in [9.17, 15) is 0 Å². The molecule has 1 unspecified atom stereocenters. The molecule has 1 atom stereocenters. The molecule has 0 saturated heterocycles. The number of hydrogen-bond acceptors (Lipinski definition) is 1. The van der Waals surface area contributed by atoms with E-state index < -0.39 is 0 Å². The van der Waals surface area contributed by atoms with Gasteiger partial charge in [-0.2, -0.15) is 0 Å². The number of nitrogens with two attached hydrogens (primary N) is 1. The molecule has 1 aromatic carbocycles. The van der Waals surface area contributed by atoms with E-state index in [1.165, 1.54) is 22.0 Å². The minimum atomic E-state index is 0.209. The molecule has 0 aliphatic heterocycles. The van der Waals surface area contributed by atoms with Crippen LogP contribution in [0.5, 0.6) is 0 Å². The first-order chi connectivity index (χ1) is 6.94. The molecule has 0 aromatic heterocycles. The van der Waals surface area contributed by atoms with Gasteiger partial charge in [0.05, 0.1) is 0 Å². The summed E-state index contributed by atoms with van der Waals surface area (Å²) in [4.78, 5) is 0. The summed E-state index contributed by atoms with van der Waals surface area (Å²) in [5.41, 5.74) is 9.31. The second-order valence-electron chi connectivity index (χ2n) is 5.26. The van der Waals surface area contributed by atoms with Crippen LogP contribution in [0.3, 0.4) is 0 Å². The number of hydrogen-bond donors (Lipinski definition) is 1. The fraction of sp³-hybridized carbons (Fsp3) is 0.538. The van der Waals surface area contributed by atoms with E-state index in [4.69, 9.17) is 5.73 Å². The summed E-state index contributed by atoms with van der Waals surface area (Å²) in [6.07, 6.45) is 1.20. The molecular formula is C13H18BrN. The summed E-state index contributed by atoms with van der Waals surface area (Å²) in [5.74, 6) is 0. The Balaban J connectivity index is 2.51. The maximum absolute atomic E-state index is 5.98. The van der Waals surface area contributed by atoms with Crippen LogP contribution < -0.4 is 5.73 Å². The average Bonchev–Trinajstić information content (AvgIpc) is 2.74. The van der Waals surface area contributed by atoms with Gasteiger partial charge < -0.3 is 5.73 Å². The number of rotatable bonds is 2.